The van der Waals surface area contributed by atoms with Crippen molar-refractivity contribution in [1.82, 2.24) is 0 Å². The van der Waals surface area contributed by atoms with Crippen molar-refractivity contribution in [3.05, 3.63) is 36.9 Å². The Kier molecular flexibility index (Phi) is 3.54. The molecule has 0 unspecified atom stereocenters. The first kappa shape index (κ1) is 12.9. The first-order chi connectivity index (χ1) is 9.74. The highest BCUT2D eigenvalue weighted by Crippen LogP contribution is 2.35. The standard InChI is InChI=1S/C16H20N2O2/c1-17-7-5-13-14-6-8-18(2)12-16(14)20-10-4-3-9-19-15(13)11-17/h5-8,11-12H,3-4,9-10H2,1-2H3/q+2. The van der Waals surface area contributed by atoms with E-state index >= 15 is 0 Å². The third-order valence-electron chi connectivity index (χ3n) is 3.47. The summed E-state index contributed by atoms with van der Waals surface area (Å²) >= 11 is 0. The molecule has 0 bridgehead atoms. The van der Waals surface area contributed by atoms with Gasteiger partial charge in [-0.05, 0) is 12.8 Å². The molecular weight excluding hydrogens is 252 g/mol. The summed E-state index contributed by atoms with van der Waals surface area (Å²) in [6.07, 6.45) is 10.1. The van der Waals surface area contributed by atoms with Gasteiger partial charge in [-0.3, -0.25) is 0 Å². The van der Waals surface area contributed by atoms with Crippen LogP contribution in [0.4, 0.5) is 0 Å². The van der Waals surface area contributed by atoms with Crippen molar-refractivity contribution in [3.8, 4) is 22.6 Å². The second kappa shape index (κ2) is 5.49. The smallest absolute Gasteiger partial charge is 0.211 e. The van der Waals surface area contributed by atoms with Gasteiger partial charge < -0.3 is 9.47 Å². The number of hydrogen-bond donors (Lipinski definition) is 0. The van der Waals surface area contributed by atoms with Crippen LogP contribution in [0.15, 0.2) is 36.9 Å². The molecule has 1 aliphatic heterocycles. The van der Waals surface area contributed by atoms with Crippen molar-refractivity contribution in [2.75, 3.05) is 13.2 Å². The lowest BCUT2D eigenvalue weighted by molar-refractivity contribution is -0.672. The SMILES string of the molecule is C[n+]1ccc2c(c1)OCCCCOc1c[n+](C)ccc1-2. The predicted octanol–water partition coefficient (Wildman–Crippen LogP) is 1.55. The number of ether oxygens (including phenoxy) is 2. The zero-order valence-electron chi connectivity index (χ0n) is 12.0. The van der Waals surface area contributed by atoms with E-state index in [9.17, 15) is 0 Å². The number of rotatable bonds is 0. The van der Waals surface area contributed by atoms with Crippen molar-refractivity contribution < 1.29 is 18.6 Å². The normalized spacial score (nSPS) is 14.5. The summed E-state index contributed by atoms with van der Waals surface area (Å²) in [5, 5.41) is 0. The van der Waals surface area contributed by atoms with Gasteiger partial charge >= 0.3 is 0 Å². The van der Waals surface area contributed by atoms with E-state index in [1.54, 1.807) is 0 Å². The second-order valence-corrected chi connectivity index (χ2v) is 5.18. The van der Waals surface area contributed by atoms with E-state index < -0.39 is 0 Å². The minimum atomic E-state index is 0.732. The van der Waals surface area contributed by atoms with Crippen LogP contribution in [-0.4, -0.2) is 13.2 Å². The molecule has 20 heavy (non-hydrogen) atoms. The van der Waals surface area contributed by atoms with E-state index in [0.29, 0.717) is 0 Å². The average Bonchev–Trinajstić information content (AvgIpc) is 2.44. The number of aromatic nitrogens is 2. The highest BCUT2D eigenvalue weighted by molar-refractivity contribution is 5.74. The number of nitrogens with zero attached hydrogens (tertiary/aromatic N) is 2. The van der Waals surface area contributed by atoms with Crippen LogP contribution in [0.25, 0.3) is 11.1 Å². The van der Waals surface area contributed by atoms with Crippen LogP contribution >= 0.6 is 0 Å². The maximum Gasteiger partial charge on any atom is 0.211 e. The fourth-order valence-electron chi connectivity index (χ4n) is 2.39. The Morgan fingerprint density at radius 3 is 1.70 bits per heavy atom. The third kappa shape index (κ3) is 2.59. The number of aryl methyl sites for hydroxylation is 2. The molecule has 0 spiro atoms. The Balaban J connectivity index is 2.15. The molecule has 0 saturated carbocycles. The van der Waals surface area contributed by atoms with Crippen molar-refractivity contribution in [1.29, 1.82) is 0 Å². The highest BCUT2D eigenvalue weighted by atomic mass is 16.5. The fraction of sp³-hybridized carbons (Fsp3) is 0.375. The summed E-state index contributed by atoms with van der Waals surface area (Å²) in [4.78, 5) is 0. The summed E-state index contributed by atoms with van der Waals surface area (Å²) in [6.45, 7) is 1.46. The van der Waals surface area contributed by atoms with Crippen LogP contribution in [0.5, 0.6) is 11.5 Å². The van der Waals surface area contributed by atoms with Crippen LogP contribution in [0.3, 0.4) is 0 Å². The zero-order valence-corrected chi connectivity index (χ0v) is 12.0. The molecule has 1 aliphatic rings. The van der Waals surface area contributed by atoms with E-state index in [0.717, 1.165) is 48.7 Å². The molecule has 0 amide bonds. The van der Waals surface area contributed by atoms with Gasteiger partial charge in [0.1, 0.15) is 14.1 Å². The molecule has 104 valence electrons. The zero-order chi connectivity index (χ0) is 13.9. The maximum absolute atomic E-state index is 5.95. The molecule has 4 nitrogen and oxygen atoms in total. The van der Waals surface area contributed by atoms with Gasteiger partial charge in [0.05, 0.1) is 13.2 Å². The molecule has 3 rings (SSSR count). The van der Waals surface area contributed by atoms with Crippen molar-refractivity contribution in [2.24, 2.45) is 14.1 Å². The van der Waals surface area contributed by atoms with Gasteiger partial charge in [-0.2, -0.15) is 0 Å². The van der Waals surface area contributed by atoms with Gasteiger partial charge in [0.15, 0.2) is 23.9 Å². The molecule has 0 saturated heterocycles. The summed E-state index contributed by atoms with van der Waals surface area (Å²) in [7, 11) is 4.01. The minimum absolute atomic E-state index is 0.732. The van der Waals surface area contributed by atoms with Crippen molar-refractivity contribution >= 4 is 0 Å². The van der Waals surface area contributed by atoms with Crippen LogP contribution < -0.4 is 18.6 Å². The number of fused-ring (bicyclic) bond motifs is 3. The Morgan fingerprint density at radius 2 is 1.25 bits per heavy atom. The Bertz CT molecular complexity index is 570. The van der Waals surface area contributed by atoms with Crippen LogP contribution in [-0.2, 0) is 14.1 Å². The lowest BCUT2D eigenvalue weighted by Gasteiger charge is -2.15. The molecule has 0 fully saturated rings. The molecule has 3 heterocycles. The van der Waals surface area contributed by atoms with Gasteiger partial charge in [0, 0.05) is 23.3 Å². The average molecular weight is 272 g/mol. The van der Waals surface area contributed by atoms with E-state index in [4.69, 9.17) is 9.47 Å². The summed E-state index contributed by atoms with van der Waals surface area (Å²) in [6, 6.07) is 4.16. The molecule has 0 N–H and O–H groups in total. The van der Waals surface area contributed by atoms with Crippen molar-refractivity contribution in [3.63, 3.8) is 0 Å². The first-order valence-electron chi connectivity index (χ1n) is 6.98. The summed E-state index contributed by atoms with van der Waals surface area (Å²) in [5.74, 6) is 1.83. The van der Waals surface area contributed by atoms with Crippen LogP contribution in [0, 0.1) is 0 Å². The van der Waals surface area contributed by atoms with Gasteiger partial charge in [0.2, 0.25) is 12.4 Å². The number of pyridine rings is 2. The molecule has 4 heteroatoms. The Morgan fingerprint density at radius 1 is 0.800 bits per heavy atom. The lowest BCUT2D eigenvalue weighted by atomic mass is 10.1. The van der Waals surface area contributed by atoms with Gasteiger partial charge in [-0.15, -0.1) is 0 Å². The minimum Gasteiger partial charge on any atom is -0.487 e. The Hall–Kier alpha value is -2.10. The molecule has 0 aromatic carbocycles. The van der Waals surface area contributed by atoms with E-state index in [1.165, 1.54) is 0 Å². The number of hydrogen-bond acceptors (Lipinski definition) is 2. The summed E-state index contributed by atoms with van der Waals surface area (Å²) < 4.78 is 15.9. The van der Waals surface area contributed by atoms with Gasteiger partial charge in [0.25, 0.3) is 0 Å². The predicted molar refractivity (Wildman–Crippen MR) is 74.5 cm³/mol. The van der Waals surface area contributed by atoms with E-state index in [2.05, 4.69) is 12.1 Å². The van der Waals surface area contributed by atoms with E-state index in [-0.39, 0.29) is 0 Å². The topological polar surface area (TPSA) is 26.2 Å². The molecule has 0 atom stereocenters. The molecule has 2 aromatic heterocycles. The highest BCUT2D eigenvalue weighted by Gasteiger charge is 2.18. The van der Waals surface area contributed by atoms with Gasteiger partial charge in [-0.1, -0.05) is 0 Å². The summed E-state index contributed by atoms with van der Waals surface area (Å²) in [5.41, 5.74) is 2.17. The third-order valence-corrected chi connectivity index (χ3v) is 3.47. The van der Waals surface area contributed by atoms with Crippen molar-refractivity contribution in [2.45, 2.75) is 12.8 Å². The van der Waals surface area contributed by atoms with Gasteiger partial charge in [-0.25, -0.2) is 9.13 Å². The second-order valence-electron chi connectivity index (χ2n) is 5.18. The fourth-order valence-corrected chi connectivity index (χ4v) is 2.39. The quantitative estimate of drug-likeness (QED) is 0.680. The molecule has 2 aromatic rings. The maximum atomic E-state index is 5.95. The lowest BCUT2D eigenvalue weighted by Crippen LogP contribution is -2.28. The molecule has 0 radical (unpaired) electrons. The van der Waals surface area contributed by atoms with Crippen LogP contribution in [0.1, 0.15) is 12.8 Å². The Labute approximate surface area is 119 Å². The van der Waals surface area contributed by atoms with Crippen LogP contribution in [0.2, 0.25) is 0 Å². The molecular formula is C16H20N2O2+2. The first-order valence-corrected chi connectivity index (χ1v) is 6.98. The largest absolute Gasteiger partial charge is 0.487 e. The molecule has 0 aliphatic carbocycles. The monoisotopic (exact) mass is 272 g/mol. The van der Waals surface area contributed by atoms with E-state index in [1.807, 2.05) is 48.0 Å².